The van der Waals surface area contributed by atoms with Gasteiger partial charge in [0.1, 0.15) is 16.7 Å². The lowest BCUT2D eigenvalue weighted by Gasteiger charge is -2.12. The van der Waals surface area contributed by atoms with Crippen LogP contribution in [0.25, 0.3) is 32.2 Å². The Bertz CT molecular complexity index is 1420. The predicted octanol–water partition coefficient (Wildman–Crippen LogP) is 7.97. The van der Waals surface area contributed by atoms with Gasteiger partial charge in [-0.2, -0.15) is 0 Å². The smallest absolute Gasteiger partial charge is 0.231 e. The van der Waals surface area contributed by atoms with E-state index in [4.69, 9.17) is 39.5 Å². The molecule has 0 saturated carbocycles. The summed E-state index contributed by atoms with van der Waals surface area (Å²) in [7, 11) is 0. The molecule has 0 radical (unpaired) electrons. The van der Waals surface area contributed by atoms with Crippen molar-refractivity contribution in [2.45, 2.75) is 6.92 Å². The zero-order valence-corrected chi connectivity index (χ0v) is 18.6. The molecule has 5 rings (SSSR count). The average Bonchev–Trinajstić information content (AvgIpc) is 3.16. The number of rotatable bonds is 3. The van der Waals surface area contributed by atoms with E-state index in [1.165, 1.54) is 17.7 Å². The molecule has 8 heteroatoms. The molecule has 0 amide bonds. The number of fused-ring (bicyclic) bond motifs is 2. The number of pyridine rings is 1. The molecule has 3 aromatic heterocycles. The monoisotopic (exact) mass is 471 g/mol. The maximum absolute atomic E-state index is 6.51. The first-order valence-corrected chi connectivity index (χ1v) is 10.9. The first kappa shape index (κ1) is 19.5. The van der Waals surface area contributed by atoms with Crippen LogP contribution in [-0.4, -0.2) is 15.0 Å². The Morgan fingerprint density at radius 2 is 1.73 bits per heavy atom. The Morgan fingerprint density at radius 1 is 0.933 bits per heavy atom. The second kappa shape index (κ2) is 7.67. The summed E-state index contributed by atoms with van der Waals surface area (Å²) in [5.74, 6) is 0.813. The summed E-state index contributed by atoms with van der Waals surface area (Å²) in [6, 6.07) is 13.1. The lowest BCUT2D eigenvalue weighted by atomic mass is 10.1. The van der Waals surface area contributed by atoms with Gasteiger partial charge in [0.25, 0.3) is 0 Å². The molecule has 0 aliphatic carbocycles. The molecule has 0 saturated heterocycles. The molecular formula is C22H12Cl3N3OS. The second-order valence-electron chi connectivity index (χ2n) is 6.64. The molecule has 0 unspecified atom stereocenters. The van der Waals surface area contributed by atoms with E-state index >= 15 is 0 Å². The molecule has 30 heavy (non-hydrogen) atoms. The summed E-state index contributed by atoms with van der Waals surface area (Å²) in [5.41, 5.74) is 3.37. The number of thiophene rings is 1. The minimum Gasteiger partial charge on any atom is -0.434 e. The highest BCUT2D eigenvalue weighted by molar-refractivity contribution is 7.17. The highest BCUT2D eigenvalue weighted by Crippen LogP contribution is 2.43. The molecule has 0 spiro atoms. The Morgan fingerprint density at radius 3 is 2.53 bits per heavy atom. The van der Waals surface area contributed by atoms with Crippen LogP contribution in [-0.2, 0) is 0 Å². The third kappa shape index (κ3) is 3.38. The fourth-order valence-corrected chi connectivity index (χ4v) is 4.84. The Kier molecular flexibility index (Phi) is 4.99. The molecule has 4 nitrogen and oxygen atoms in total. The first-order valence-electron chi connectivity index (χ1n) is 8.92. The van der Waals surface area contributed by atoms with Crippen LogP contribution in [0, 0.1) is 6.92 Å². The van der Waals surface area contributed by atoms with E-state index in [1.54, 1.807) is 6.07 Å². The lowest BCUT2D eigenvalue weighted by Crippen LogP contribution is -1.95. The SMILES string of the molecule is Cc1ccc2c(Cl)cc(Cl)c(Oc3ncnc4scc(-c5ccc(Cl)cc5)c34)c2n1. The van der Waals surface area contributed by atoms with Gasteiger partial charge in [-0.15, -0.1) is 11.3 Å². The summed E-state index contributed by atoms with van der Waals surface area (Å²) < 4.78 is 6.27. The van der Waals surface area contributed by atoms with Crippen molar-refractivity contribution >= 4 is 67.3 Å². The van der Waals surface area contributed by atoms with Gasteiger partial charge in [0.15, 0.2) is 5.75 Å². The van der Waals surface area contributed by atoms with Crippen LogP contribution in [0.4, 0.5) is 0 Å². The minimum absolute atomic E-state index is 0.362. The number of hydrogen-bond donors (Lipinski definition) is 0. The first-order chi connectivity index (χ1) is 14.5. The molecular weight excluding hydrogens is 461 g/mol. The van der Waals surface area contributed by atoms with Crippen LogP contribution in [0.2, 0.25) is 15.1 Å². The highest BCUT2D eigenvalue weighted by Gasteiger charge is 2.19. The van der Waals surface area contributed by atoms with Crippen LogP contribution in [0.1, 0.15) is 5.69 Å². The van der Waals surface area contributed by atoms with Gasteiger partial charge in [-0.1, -0.05) is 46.9 Å². The van der Waals surface area contributed by atoms with E-state index in [9.17, 15) is 0 Å². The van der Waals surface area contributed by atoms with E-state index in [-0.39, 0.29) is 0 Å². The topological polar surface area (TPSA) is 47.9 Å². The summed E-state index contributed by atoms with van der Waals surface area (Å²) >= 11 is 20.4. The lowest BCUT2D eigenvalue weighted by molar-refractivity contribution is 0.473. The van der Waals surface area contributed by atoms with Crippen molar-refractivity contribution in [2.75, 3.05) is 0 Å². The standard InChI is InChI=1S/C22H12Cl3N3OS/c1-11-2-7-14-16(24)8-17(25)20(19(14)28-11)29-21-18-15(9-30-22(18)27-10-26-21)12-3-5-13(23)6-4-12/h2-10H,1H3. The van der Waals surface area contributed by atoms with Crippen LogP contribution >= 0.6 is 46.1 Å². The van der Waals surface area contributed by atoms with E-state index in [0.717, 1.165) is 32.4 Å². The maximum atomic E-state index is 6.51. The van der Waals surface area contributed by atoms with Crippen LogP contribution < -0.4 is 4.74 Å². The number of ether oxygens (including phenoxy) is 1. The summed E-state index contributed by atoms with van der Waals surface area (Å²) in [6.07, 6.45) is 1.48. The van der Waals surface area contributed by atoms with E-state index in [2.05, 4.69) is 15.0 Å². The van der Waals surface area contributed by atoms with E-state index in [0.29, 0.717) is 32.2 Å². The molecule has 148 valence electrons. The van der Waals surface area contributed by atoms with Crippen molar-refractivity contribution in [1.29, 1.82) is 0 Å². The van der Waals surface area contributed by atoms with Crippen molar-refractivity contribution in [3.63, 3.8) is 0 Å². The van der Waals surface area contributed by atoms with Gasteiger partial charge in [0.2, 0.25) is 5.88 Å². The summed E-state index contributed by atoms with van der Waals surface area (Å²) in [4.78, 5) is 14.2. The van der Waals surface area contributed by atoms with Gasteiger partial charge in [-0.05, 0) is 42.8 Å². The third-order valence-corrected chi connectivity index (χ3v) is 6.40. The molecule has 0 fully saturated rings. The Labute approximate surface area is 191 Å². The molecule has 0 aliphatic rings. The van der Waals surface area contributed by atoms with Gasteiger partial charge in [-0.25, -0.2) is 15.0 Å². The fraction of sp³-hybridized carbons (Fsp3) is 0.0455. The predicted molar refractivity (Wildman–Crippen MR) is 124 cm³/mol. The molecule has 5 aromatic rings. The maximum Gasteiger partial charge on any atom is 0.231 e. The number of hydrogen-bond acceptors (Lipinski definition) is 5. The van der Waals surface area contributed by atoms with Crippen molar-refractivity contribution < 1.29 is 4.74 Å². The van der Waals surface area contributed by atoms with E-state index in [1.807, 2.05) is 48.7 Å². The van der Waals surface area contributed by atoms with Crippen molar-refractivity contribution in [3.05, 3.63) is 74.9 Å². The molecule has 2 aromatic carbocycles. The van der Waals surface area contributed by atoms with E-state index < -0.39 is 0 Å². The Balaban J connectivity index is 1.71. The number of aryl methyl sites for hydroxylation is 1. The molecule has 3 heterocycles. The van der Waals surface area contributed by atoms with Crippen LogP contribution in [0.5, 0.6) is 11.6 Å². The number of benzene rings is 2. The minimum atomic E-state index is 0.362. The number of aromatic nitrogens is 3. The third-order valence-electron chi connectivity index (χ3n) is 4.67. The van der Waals surface area contributed by atoms with Crippen LogP contribution in [0.3, 0.4) is 0 Å². The number of nitrogens with zero attached hydrogens (tertiary/aromatic N) is 3. The normalized spacial score (nSPS) is 11.3. The zero-order chi connectivity index (χ0) is 20.8. The second-order valence-corrected chi connectivity index (χ2v) is 8.74. The largest absolute Gasteiger partial charge is 0.434 e. The average molecular weight is 473 g/mol. The molecule has 0 bridgehead atoms. The van der Waals surface area contributed by atoms with Gasteiger partial charge in [0.05, 0.1) is 15.4 Å². The van der Waals surface area contributed by atoms with Gasteiger partial charge < -0.3 is 4.74 Å². The molecule has 0 aliphatic heterocycles. The quantitative estimate of drug-likeness (QED) is 0.267. The van der Waals surface area contributed by atoms with Crippen molar-refractivity contribution in [1.82, 2.24) is 15.0 Å². The summed E-state index contributed by atoms with van der Waals surface area (Å²) in [5, 5.41) is 5.14. The fourth-order valence-electron chi connectivity index (χ4n) is 3.25. The van der Waals surface area contributed by atoms with Crippen molar-refractivity contribution in [3.8, 4) is 22.8 Å². The molecule has 0 atom stereocenters. The molecule has 0 N–H and O–H groups in total. The van der Waals surface area contributed by atoms with Gasteiger partial charge in [-0.3, -0.25) is 0 Å². The zero-order valence-electron chi connectivity index (χ0n) is 15.5. The van der Waals surface area contributed by atoms with Crippen molar-refractivity contribution in [2.24, 2.45) is 0 Å². The highest BCUT2D eigenvalue weighted by atomic mass is 35.5. The van der Waals surface area contributed by atoms with Crippen LogP contribution in [0.15, 0.2) is 54.2 Å². The van der Waals surface area contributed by atoms with Gasteiger partial charge in [0, 0.05) is 27.0 Å². The Hall–Kier alpha value is -2.44. The van der Waals surface area contributed by atoms with Gasteiger partial charge >= 0.3 is 0 Å². The summed E-state index contributed by atoms with van der Waals surface area (Å²) in [6.45, 7) is 1.90. The number of halogens is 3.